The molecule has 0 aliphatic carbocycles. The van der Waals surface area contributed by atoms with Crippen LogP contribution in [0.25, 0.3) is 17.2 Å². The van der Waals surface area contributed by atoms with E-state index in [9.17, 15) is 10.1 Å². The number of nitro groups is 1. The van der Waals surface area contributed by atoms with Gasteiger partial charge in [0, 0.05) is 29.1 Å². The number of non-ortho nitro benzene ring substituents is 1. The number of aryl methyl sites for hydroxylation is 2. The van der Waals surface area contributed by atoms with Crippen LogP contribution in [0.15, 0.2) is 39.9 Å². The van der Waals surface area contributed by atoms with Crippen LogP contribution in [0, 0.1) is 24.0 Å². The van der Waals surface area contributed by atoms with Crippen molar-refractivity contribution >= 4 is 23.2 Å². The molecule has 0 N–H and O–H groups in total. The van der Waals surface area contributed by atoms with E-state index in [0.29, 0.717) is 34.0 Å². The number of hydrogen-bond donors (Lipinski definition) is 0. The van der Waals surface area contributed by atoms with E-state index in [-0.39, 0.29) is 5.69 Å². The Balaban J connectivity index is 1.48. The van der Waals surface area contributed by atoms with E-state index in [1.54, 1.807) is 16.6 Å². The number of rotatable bonds is 5. The third-order valence-corrected chi connectivity index (χ3v) is 4.54. The Bertz CT molecular complexity index is 1140. The molecule has 0 saturated heterocycles. The number of hydrogen-bond acceptors (Lipinski definition) is 9. The lowest BCUT2D eigenvalue weighted by Crippen LogP contribution is -1.97. The molecule has 4 aromatic rings. The quantitative estimate of drug-likeness (QED) is 0.290. The van der Waals surface area contributed by atoms with Crippen LogP contribution in [0.5, 0.6) is 0 Å². The lowest BCUT2D eigenvalue weighted by atomic mass is 10.2. The summed E-state index contributed by atoms with van der Waals surface area (Å²) in [5, 5.41) is 23.7. The molecule has 0 amide bonds. The predicted molar refractivity (Wildman–Crippen MR) is 96.2 cm³/mol. The maximum Gasteiger partial charge on any atom is 0.269 e. The van der Waals surface area contributed by atoms with Crippen molar-refractivity contribution < 1.29 is 9.34 Å². The van der Waals surface area contributed by atoms with Crippen molar-refractivity contribution in [3.63, 3.8) is 0 Å². The molecule has 0 atom stereocenters. The van der Waals surface area contributed by atoms with Gasteiger partial charge in [-0.2, -0.15) is 4.98 Å². The first-order valence-corrected chi connectivity index (χ1v) is 8.89. The van der Waals surface area contributed by atoms with Crippen LogP contribution in [-0.4, -0.2) is 34.7 Å². The highest BCUT2D eigenvalue weighted by Crippen LogP contribution is 2.24. The smallest absolute Gasteiger partial charge is 0.269 e. The third kappa shape index (κ3) is 3.49. The van der Waals surface area contributed by atoms with Gasteiger partial charge >= 0.3 is 0 Å². The Kier molecular flexibility index (Phi) is 4.28. The Morgan fingerprint density at radius 1 is 1.19 bits per heavy atom. The average molecular weight is 383 g/mol. The van der Waals surface area contributed by atoms with Crippen molar-refractivity contribution in [2.24, 2.45) is 0 Å². The highest BCUT2D eigenvalue weighted by Gasteiger charge is 2.13. The molecule has 0 fully saturated rings. The summed E-state index contributed by atoms with van der Waals surface area (Å²) in [5.41, 5.74) is 2.46. The van der Waals surface area contributed by atoms with E-state index in [1.807, 2.05) is 19.9 Å². The highest BCUT2D eigenvalue weighted by molar-refractivity contribution is 7.98. The average Bonchev–Trinajstić information content (AvgIpc) is 3.27. The maximum absolute atomic E-state index is 10.7. The summed E-state index contributed by atoms with van der Waals surface area (Å²) in [4.78, 5) is 19.0. The molecule has 0 saturated carbocycles. The van der Waals surface area contributed by atoms with Crippen molar-refractivity contribution in [1.29, 1.82) is 0 Å². The van der Waals surface area contributed by atoms with Crippen molar-refractivity contribution in [2.75, 3.05) is 0 Å². The first-order chi connectivity index (χ1) is 13.0. The van der Waals surface area contributed by atoms with Crippen molar-refractivity contribution in [3.05, 3.63) is 57.7 Å². The Morgan fingerprint density at radius 2 is 1.96 bits per heavy atom. The molecule has 136 valence electrons. The van der Waals surface area contributed by atoms with Gasteiger partial charge in [-0.1, -0.05) is 11.8 Å². The molecule has 11 heteroatoms. The molecular formula is C16H13N7O3S. The van der Waals surface area contributed by atoms with Gasteiger partial charge in [0.1, 0.15) is 0 Å². The molecule has 3 heterocycles. The van der Waals surface area contributed by atoms with E-state index in [4.69, 9.17) is 4.42 Å². The second-order valence-electron chi connectivity index (χ2n) is 5.74. The van der Waals surface area contributed by atoms with Crippen LogP contribution < -0.4 is 0 Å². The summed E-state index contributed by atoms with van der Waals surface area (Å²) in [6.45, 7) is 3.85. The molecule has 0 aliphatic heterocycles. The summed E-state index contributed by atoms with van der Waals surface area (Å²) in [6.07, 6.45) is 0. The molecule has 0 aliphatic rings. The van der Waals surface area contributed by atoms with E-state index < -0.39 is 4.92 Å². The van der Waals surface area contributed by atoms with E-state index in [0.717, 1.165) is 11.4 Å². The zero-order valence-electron chi connectivity index (χ0n) is 14.4. The zero-order chi connectivity index (χ0) is 19.0. The van der Waals surface area contributed by atoms with Gasteiger partial charge in [-0.3, -0.25) is 10.1 Å². The maximum atomic E-state index is 10.7. The summed E-state index contributed by atoms with van der Waals surface area (Å²) in [6, 6.07) is 7.87. The lowest BCUT2D eigenvalue weighted by Gasteiger charge is -1.97. The van der Waals surface area contributed by atoms with Crippen LogP contribution in [0.4, 0.5) is 5.69 Å². The zero-order valence-corrected chi connectivity index (χ0v) is 15.2. The lowest BCUT2D eigenvalue weighted by molar-refractivity contribution is -0.384. The number of benzene rings is 1. The predicted octanol–water partition coefficient (Wildman–Crippen LogP) is 2.99. The van der Waals surface area contributed by atoms with Crippen LogP contribution >= 0.6 is 11.8 Å². The van der Waals surface area contributed by atoms with Crippen molar-refractivity contribution in [1.82, 2.24) is 29.8 Å². The fourth-order valence-electron chi connectivity index (χ4n) is 2.49. The highest BCUT2D eigenvalue weighted by atomic mass is 32.2. The van der Waals surface area contributed by atoms with Crippen LogP contribution in [0.3, 0.4) is 0 Å². The molecule has 0 spiro atoms. The van der Waals surface area contributed by atoms with Gasteiger partial charge in [-0.15, -0.1) is 15.3 Å². The molecule has 0 unspecified atom stereocenters. The van der Waals surface area contributed by atoms with Gasteiger partial charge in [-0.05, 0) is 32.0 Å². The van der Waals surface area contributed by atoms with E-state index >= 15 is 0 Å². The summed E-state index contributed by atoms with van der Waals surface area (Å²) < 4.78 is 7.30. The molecule has 10 nitrogen and oxygen atoms in total. The fraction of sp³-hybridized carbons (Fsp3) is 0.188. The van der Waals surface area contributed by atoms with Gasteiger partial charge in [0.25, 0.3) is 11.5 Å². The summed E-state index contributed by atoms with van der Waals surface area (Å²) in [5.74, 6) is 1.66. The summed E-state index contributed by atoms with van der Waals surface area (Å²) >= 11 is 1.36. The van der Waals surface area contributed by atoms with Crippen LogP contribution in [0.2, 0.25) is 0 Å². The summed E-state index contributed by atoms with van der Waals surface area (Å²) in [7, 11) is 0. The van der Waals surface area contributed by atoms with Gasteiger partial charge in [0.15, 0.2) is 0 Å². The minimum absolute atomic E-state index is 0.00565. The Labute approximate surface area is 156 Å². The van der Waals surface area contributed by atoms with Crippen LogP contribution in [0.1, 0.15) is 17.3 Å². The minimum atomic E-state index is -0.459. The molecule has 4 rings (SSSR count). The minimum Gasteiger partial charge on any atom is -0.420 e. The number of nitro benzene ring substituents is 1. The van der Waals surface area contributed by atoms with Gasteiger partial charge in [0.05, 0.1) is 10.7 Å². The van der Waals surface area contributed by atoms with E-state index in [2.05, 4.69) is 25.3 Å². The van der Waals surface area contributed by atoms with Gasteiger partial charge < -0.3 is 4.42 Å². The first kappa shape index (κ1) is 17.1. The van der Waals surface area contributed by atoms with Gasteiger partial charge in [-0.25, -0.2) is 9.50 Å². The van der Waals surface area contributed by atoms with E-state index in [1.165, 1.54) is 23.9 Å². The molecule has 0 radical (unpaired) electrons. The van der Waals surface area contributed by atoms with Crippen LogP contribution in [-0.2, 0) is 5.75 Å². The van der Waals surface area contributed by atoms with Crippen molar-refractivity contribution in [3.8, 4) is 11.5 Å². The first-order valence-electron chi connectivity index (χ1n) is 7.90. The molecule has 27 heavy (non-hydrogen) atoms. The largest absolute Gasteiger partial charge is 0.420 e. The molecular weight excluding hydrogens is 370 g/mol. The molecule has 0 bridgehead atoms. The molecule has 1 aromatic carbocycles. The number of nitrogens with zero attached hydrogens (tertiary/aromatic N) is 7. The number of fused-ring (bicyclic) bond motifs is 1. The molecule has 3 aromatic heterocycles. The second kappa shape index (κ2) is 6.76. The number of thioether (sulfide) groups is 1. The second-order valence-corrected chi connectivity index (χ2v) is 6.68. The third-order valence-electron chi connectivity index (χ3n) is 3.72. The standard InChI is InChI=1S/C16H13N7O3S/c1-9-7-10(2)22-15(17-9)18-16(21-22)27-8-13-19-20-14(26-13)11-3-5-12(6-4-11)23(24)25/h3-7H,8H2,1-2H3. The normalized spacial score (nSPS) is 11.2. The SMILES string of the molecule is Cc1cc(C)n2nc(SCc3nnc(-c4ccc([N+](=O)[O-])cc4)o3)nc2n1. The fourth-order valence-corrected chi connectivity index (χ4v) is 3.14. The number of aromatic nitrogens is 6. The topological polar surface area (TPSA) is 125 Å². The Morgan fingerprint density at radius 3 is 2.70 bits per heavy atom. The van der Waals surface area contributed by atoms with Crippen molar-refractivity contribution in [2.45, 2.75) is 24.8 Å². The van der Waals surface area contributed by atoms with Gasteiger partial charge in [0.2, 0.25) is 16.9 Å². The Hall–Kier alpha value is -3.34. The monoisotopic (exact) mass is 383 g/mol.